The van der Waals surface area contributed by atoms with E-state index < -0.39 is 4.92 Å². The lowest BCUT2D eigenvalue weighted by molar-refractivity contribution is -0.385. The Morgan fingerprint density at radius 1 is 1.47 bits per heavy atom. The van der Waals surface area contributed by atoms with Gasteiger partial charge in [-0.15, -0.1) is 0 Å². The Balaban J connectivity index is 2.17. The molecule has 1 aromatic rings. The largest absolute Gasteiger partial charge is 0.334 e. The molecule has 1 saturated carbocycles. The van der Waals surface area contributed by atoms with Gasteiger partial charge in [0.2, 0.25) is 5.91 Å². The van der Waals surface area contributed by atoms with E-state index in [1.807, 2.05) is 0 Å². The van der Waals surface area contributed by atoms with Crippen LogP contribution in [0.15, 0.2) is 24.3 Å². The van der Waals surface area contributed by atoms with E-state index in [4.69, 9.17) is 0 Å². The summed E-state index contributed by atoms with van der Waals surface area (Å²) in [5.41, 5.74) is 0.661. The molecule has 0 spiro atoms. The van der Waals surface area contributed by atoms with Gasteiger partial charge in [0.15, 0.2) is 0 Å². The van der Waals surface area contributed by atoms with E-state index in [1.165, 1.54) is 6.07 Å². The van der Waals surface area contributed by atoms with Crippen molar-refractivity contribution in [3.05, 3.63) is 39.9 Å². The van der Waals surface area contributed by atoms with Crippen molar-refractivity contribution in [2.45, 2.75) is 25.4 Å². The van der Waals surface area contributed by atoms with E-state index in [2.05, 4.69) is 5.32 Å². The molecule has 0 heterocycles. The first-order chi connectivity index (χ1) is 9.13. The summed E-state index contributed by atoms with van der Waals surface area (Å²) >= 11 is 0. The molecular formula is C13H17N3O3. The lowest BCUT2D eigenvalue weighted by Crippen LogP contribution is -2.38. The van der Waals surface area contributed by atoms with Crippen LogP contribution in [0.5, 0.6) is 0 Å². The van der Waals surface area contributed by atoms with Crippen molar-refractivity contribution < 1.29 is 9.72 Å². The molecule has 0 atom stereocenters. The molecule has 1 fully saturated rings. The van der Waals surface area contributed by atoms with Gasteiger partial charge in [-0.1, -0.05) is 18.2 Å². The molecule has 6 heteroatoms. The molecule has 0 saturated heterocycles. The zero-order chi connectivity index (χ0) is 13.8. The smallest absolute Gasteiger partial charge is 0.274 e. The van der Waals surface area contributed by atoms with Gasteiger partial charge in [-0.3, -0.25) is 14.9 Å². The number of para-hydroxylation sites is 1. The van der Waals surface area contributed by atoms with Crippen LogP contribution in [0, 0.1) is 10.1 Å². The fourth-order valence-electron chi connectivity index (χ4n) is 2.07. The highest BCUT2D eigenvalue weighted by molar-refractivity contribution is 5.79. The minimum Gasteiger partial charge on any atom is -0.334 e. The number of benzene rings is 1. The van der Waals surface area contributed by atoms with Crippen LogP contribution in [0.25, 0.3) is 0 Å². The second kappa shape index (κ2) is 5.79. The van der Waals surface area contributed by atoms with E-state index in [0.29, 0.717) is 12.1 Å². The predicted molar refractivity (Wildman–Crippen MR) is 70.6 cm³/mol. The molecule has 6 nitrogen and oxygen atoms in total. The minimum absolute atomic E-state index is 0.0110. The summed E-state index contributed by atoms with van der Waals surface area (Å²) in [6.07, 6.45) is 1.96. The van der Waals surface area contributed by atoms with Gasteiger partial charge >= 0.3 is 0 Å². The number of nitrogens with zero attached hydrogens (tertiary/aromatic N) is 2. The van der Waals surface area contributed by atoms with Crippen molar-refractivity contribution in [3.8, 4) is 0 Å². The predicted octanol–water partition coefficient (Wildman–Crippen LogP) is 1.31. The first kappa shape index (κ1) is 13.5. The average molecular weight is 263 g/mol. The molecule has 0 radical (unpaired) electrons. The number of nitro benzene ring substituents is 1. The van der Waals surface area contributed by atoms with Crippen LogP contribution in [0.4, 0.5) is 5.69 Å². The van der Waals surface area contributed by atoms with E-state index in [-0.39, 0.29) is 24.2 Å². The number of likely N-dealkylation sites (N-methyl/N-ethyl adjacent to an activating group) is 1. The van der Waals surface area contributed by atoms with Gasteiger partial charge in [0, 0.05) is 17.7 Å². The fourth-order valence-corrected chi connectivity index (χ4v) is 2.07. The van der Waals surface area contributed by atoms with Crippen molar-refractivity contribution in [2.75, 3.05) is 13.6 Å². The maximum absolute atomic E-state index is 12.0. The number of rotatable bonds is 6. The molecule has 1 amide bonds. The SMILES string of the molecule is CNCC(=O)N(Cc1ccccc1[N+](=O)[O-])C1CC1. The van der Waals surface area contributed by atoms with Crippen molar-refractivity contribution in [1.29, 1.82) is 0 Å². The summed E-state index contributed by atoms with van der Waals surface area (Å²) in [7, 11) is 1.72. The Kier molecular flexibility index (Phi) is 4.11. The minimum atomic E-state index is -0.400. The van der Waals surface area contributed by atoms with Gasteiger partial charge < -0.3 is 10.2 Å². The molecule has 1 N–H and O–H groups in total. The van der Waals surface area contributed by atoms with Crippen molar-refractivity contribution in [2.24, 2.45) is 0 Å². The zero-order valence-electron chi connectivity index (χ0n) is 10.8. The van der Waals surface area contributed by atoms with Crippen LogP contribution in [-0.2, 0) is 11.3 Å². The van der Waals surface area contributed by atoms with Crippen molar-refractivity contribution in [3.63, 3.8) is 0 Å². The standard InChI is InChI=1S/C13H17N3O3/c1-14-8-13(17)15(11-6-7-11)9-10-4-2-3-5-12(10)16(18)19/h2-5,11,14H,6-9H2,1H3. The van der Waals surface area contributed by atoms with Crippen molar-refractivity contribution in [1.82, 2.24) is 10.2 Å². The number of nitrogens with one attached hydrogen (secondary N) is 1. The molecule has 0 aromatic heterocycles. The molecule has 0 bridgehead atoms. The maximum Gasteiger partial charge on any atom is 0.274 e. The third kappa shape index (κ3) is 3.29. The molecule has 19 heavy (non-hydrogen) atoms. The summed E-state index contributed by atoms with van der Waals surface area (Å²) in [4.78, 5) is 24.3. The first-order valence-corrected chi connectivity index (χ1v) is 6.30. The van der Waals surface area contributed by atoms with Crippen molar-refractivity contribution >= 4 is 11.6 Å². The van der Waals surface area contributed by atoms with Gasteiger partial charge in [0.1, 0.15) is 0 Å². The molecule has 2 rings (SSSR count). The molecular weight excluding hydrogens is 246 g/mol. The lowest BCUT2D eigenvalue weighted by Gasteiger charge is -2.22. The molecule has 0 aliphatic heterocycles. The third-order valence-electron chi connectivity index (χ3n) is 3.16. The number of nitro groups is 1. The summed E-state index contributed by atoms with van der Waals surface area (Å²) < 4.78 is 0. The first-order valence-electron chi connectivity index (χ1n) is 6.30. The van der Waals surface area contributed by atoms with Crippen LogP contribution >= 0.6 is 0 Å². The van der Waals surface area contributed by atoms with E-state index in [9.17, 15) is 14.9 Å². The Labute approximate surface area is 111 Å². The van der Waals surface area contributed by atoms with Gasteiger partial charge in [-0.2, -0.15) is 0 Å². The van der Waals surface area contributed by atoms with Crippen LogP contribution in [0.2, 0.25) is 0 Å². The Morgan fingerprint density at radius 3 is 2.74 bits per heavy atom. The van der Waals surface area contributed by atoms with Crippen LogP contribution in [0.1, 0.15) is 18.4 Å². The second-order valence-electron chi connectivity index (χ2n) is 4.67. The van der Waals surface area contributed by atoms with E-state index in [1.54, 1.807) is 30.1 Å². The van der Waals surface area contributed by atoms with Gasteiger partial charge in [-0.25, -0.2) is 0 Å². The van der Waals surface area contributed by atoms with Gasteiger partial charge in [0.05, 0.1) is 18.0 Å². The molecule has 1 aliphatic carbocycles. The fraction of sp³-hybridized carbons (Fsp3) is 0.462. The number of amides is 1. The van der Waals surface area contributed by atoms with Crippen LogP contribution in [-0.4, -0.2) is 35.4 Å². The molecule has 102 valence electrons. The van der Waals surface area contributed by atoms with E-state index >= 15 is 0 Å². The van der Waals surface area contributed by atoms with Crippen LogP contribution in [0.3, 0.4) is 0 Å². The summed E-state index contributed by atoms with van der Waals surface area (Å²) in [6, 6.07) is 6.82. The third-order valence-corrected chi connectivity index (χ3v) is 3.16. The Morgan fingerprint density at radius 2 is 2.16 bits per heavy atom. The van der Waals surface area contributed by atoms with Gasteiger partial charge in [0.25, 0.3) is 5.69 Å². The zero-order valence-corrected chi connectivity index (χ0v) is 10.8. The number of hydrogen-bond donors (Lipinski definition) is 1. The number of hydrogen-bond acceptors (Lipinski definition) is 4. The molecule has 1 aliphatic rings. The summed E-state index contributed by atoms with van der Waals surface area (Å²) in [5, 5.41) is 13.8. The Bertz CT molecular complexity index is 486. The topological polar surface area (TPSA) is 75.5 Å². The highest BCUT2D eigenvalue weighted by Gasteiger charge is 2.33. The highest BCUT2D eigenvalue weighted by atomic mass is 16.6. The number of carbonyl (C=O) groups is 1. The molecule has 1 aromatic carbocycles. The highest BCUT2D eigenvalue weighted by Crippen LogP contribution is 2.30. The van der Waals surface area contributed by atoms with E-state index in [0.717, 1.165) is 12.8 Å². The number of carbonyl (C=O) groups excluding carboxylic acids is 1. The second-order valence-corrected chi connectivity index (χ2v) is 4.67. The average Bonchev–Trinajstić information content (AvgIpc) is 3.20. The summed E-state index contributed by atoms with van der Waals surface area (Å²) in [5.74, 6) is -0.0110. The van der Waals surface area contributed by atoms with Gasteiger partial charge in [-0.05, 0) is 19.9 Å². The maximum atomic E-state index is 12.0. The quantitative estimate of drug-likeness (QED) is 0.620. The monoisotopic (exact) mass is 263 g/mol. The van der Waals surface area contributed by atoms with Crippen LogP contribution < -0.4 is 5.32 Å². The normalized spacial score (nSPS) is 14.2. The lowest BCUT2D eigenvalue weighted by atomic mass is 10.1. The Hall–Kier alpha value is -1.95. The molecule has 0 unspecified atom stereocenters. The summed E-state index contributed by atoms with van der Waals surface area (Å²) in [6.45, 7) is 0.569.